The van der Waals surface area contributed by atoms with Crippen LogP contribution in [0.2, 0.25) is 5.02 Å². The first-order valence-corrected chi connectivity index (χ1v) is 7.87. The monoisotopic (exact) mass is 311 g/mol. The summed E-state index contributed by atoms with van der Waals surface area (Å²) < 4.78 is 5.58. The molecule has 2 rings (SSSR count). The van der Waals surface area contributed by atoms with Crippen molar-refractivity contribution in [3.05, 3.63) is 40.7 Å². The second-order valence-electron chi connectivity index (χ2n) is 5.06. The Labute approximate surface area is 128 Å². The third-order valence-corrected chi connectivity index (χ3v) is 3.84. The van der Waals surface area contributed by atoms with Gasteiger partial charge >= 0.3 is 0 Å². The Balaban J connectivity index is 1.93. The second kappa shape index (κ2) is 7.11. The molecule has 0 aliphatic heterocycles. The van der Waals surface area contributed by atoms with Crippen LogP contribution in [0.25, 0.3) is 0 Å². The zero-order valence-corrected chi connectivity index (χ0v) is 13.1. The van der Waals surface area contributed by atoms with E-state index in [9.17, 15) is 0 Å². The van der Waals surface area contributed by atoms with E-state index in [2.05, 4.69) is 24.0 Å². The molecule has 0 radical (unpaired) electrons. The molecule has 0 saturated carbocycles. The molecule has 0 unspecified atom stereocenters. The number of hydrogen-bond donors (Lipinski definition) is 1. The Hall–Kier alpha value is -1.04. The predicted molar refractivity (Wildman–Crippen MR) is 81.7 cm³/mol. The van der Waals surface area contributed by atoms with Crippen molar-refractivity contribution >= 4 is 23.4 Å². The molecule has 0 saturated heterocycles. The van der Waals surface area contributed by atoms with Gasteiger partial charge in [-0.05, 0) is 30.0 Å². The van der Waals surface area contributed by atoms with Gasteiger partial charge in [0.2, 0.25) is 5.89 Å². The highest BCUT2D eigenvalue weighted by atomic mass is 35.5. The van der Waals surface area contributed by atoms with E-state index >= 15 is 0 Å². The van der Waals surface area contributed by atoms with Gasteiger partial charge in [0.25, 0.3) is 5.22 Å². The molecule has 108 valence electrons. The third-order valence-electron chi connectivity index (χ3n) is 2.72. The van der Waals surface area contributed by atoms with Crippen molar-refractivity contribution in [2.45, 2.75) is 37.3 Å². The van der Waals surface area contributed by atoms with Gasteiger partial charge < -0.3 is 10.2 Å². The lowest BCUT2D eigenvalue weighted by Crippen LogP contribution is -2.13. The first-order chi connectivity index (χ1) is 9.54. The maximum absolute atomic E-state index is 6.01. The van der Waals surface area contributed by atoms with E-state index in [-0.39, 0.29) is 6.04 Å². The van der Waals surface area contributed by atoms with Crippen LogP contribution < -0.4 is 5.73 Å². The zero-order chi connectivity index (χ0) is 14.5. The van der Waals surface area contributed by atoms with E-state index in [0.717, 1.165) is 22.8 Å². The molecule has 20 heavy (non-hydrogen) atoms. The molecule has 0 spiro atoms. The van der Waals surface area contributed by atoms with Crippen LogP contribution in [0, 0.1) is 5.92 Å². The number of halogens is 1. The van der Waals surface area contributed by atoms with Crippen LogP contribution in [-0.4, -0.2) is 10.2 Å². The quantitative estimate of drug-likeness (QED) is 0.815. The van der Waals surface area contributed by atoms with Crippen LogP contribution in [0.1, 0.15) is 37.8 Å². The van der Waals surface area contributed by atoms with Gasteiger partial charge in [0.05, 0.1) is 6.04 Å². The fourth-order valence-corrected chi connectivity index (χ4v) is 2.73. The maximum atomic E-state index is 6.01. The molecule has 6 heteroatoms. The van der Waals surface area contributed by atoms with E-state index < -0.39 is 0 Å². The van der Waals surface area contributed by atoms with Crippen molar-refractivity contribution in [2.24, 2.45) is 11.7 Å². The first kappa shape index (κ1) is 15.4. The summed E-state index contributed by atoms with van der Waals surface area (Å²) in [4.78, 5) is 0. The SMILES string of the molecule is CC(C)C[C@H](N)c1nnc(SCc2cccc(Cl)c2)o1. The van der Waals surface area contributed by atoms with Crippen LogP contribution in [-0.2, 0) is 5.75 Å². The summed E-state index contributed by atoms with van der Waals surface area (Å²) in [5, 5.41) is 9.30. The predicted octanol–water partition coefficient (Wildman–Crippen LogP) is 4.06. The van der Waals surface area contributed by atoms with Crippen molar-refractivity contribution in [3.8, 4) is 0 Å². The number of nitrogens with two attached hydrogens (primary N) is 1. The normalized spacial score (nSPS) is 12.8. The van der Waals surface area contributed by atoms with Gasteiger partial charge in [-0.25, -0.2) is 0 Å². The molecule has 1 aromatic heterocycles. The smallest absolute Gasteiger partial charge is 0.276 e. The van der Waals surface area contributed by atoms with Crippen LogP contribution in [0.3, 0.4) is 0 Å². The van der Waals surface area contributed by atoms with E-state index in [1.807, 2.05) is 24.3 Å². The molecule has 0 fully saturated rings. The fourth-order valence-electron chi connectivity index (χ4n) is 1.81. The molecule has 1 atom stereocenters. The topological polar surface area (TPSA) is 64.9 Å². The minimum Gasteiger partial charge on any atom is -0.414 e. The number of benzene rings is 1. The van der Waals surface area contributed by atoms with Crippen molar-refractivity contribution in [2.75, 3.05) is 0 Å². The minimum absolute atomic E-state index is 0.192. The molecule has 0 bridgehead atoms. The number of aromatic nitrogens is 2. The van der Waals surface area contributed by atoms with Gasteiger partial charge in [0.15, 0.2) is 0 Å². The number of thioether (sulfide) groups is 1. The molecule has 2 N–H and O–H groups in total. The maximum Gasteiger partial charge on any atom is 0.276 e. The minimum atomic E-state index is -0.192. The summed E-state index contributed by atoms with van der Waals surface area (Å²) >= 11 is 7.43. The second-order valence-corrected chi connectivity index (χ2v) is 6.42. The van der Waals surface area contributed by atoms with Crippen molar-refractivity contribution in [1.82, 2.24) is 10.2 Å². The summed E-state index contributed by atoms with van der Waals surface area (Å²) in [7, 11) is 0. The highest BCUT2D eigenvalue weighted by Gasteiger charge is 2.16. The van der Waals surface area contributed by atoms with Gasteiger partial charge in [-0.15, -0.1) is 10.2 Å². The molecular weight excluding hydrogens is 294 g/mol. The van der Waals surface area contributed by atoms with Crippen LogP contribution in [0.15, 0.2) is 33.9 Å². The Kier molecular flexibility index (Phi) is 5.46. The van der Waals surface area contributed by atoms with Gasteiger partial charge in [0, 0.05) is 10.8 Å². The average Bonchev–Trinajstić information content (AvgIpc) is 2.84. The Morgan fingerprint density at radius 3 is 2.85 bits per heavy atom. The third kappa shape index (κ3) is 4.51. The van der Waals surface area contributed by atoms with Crippen molar-refractivity contribution in [1.29, 1.82) is 0 Å². The lowest BCUT2D eigenvalue weighted by atomic mass is 10.1. The summed E-state index contributed by atoms with van der Waals surface area (Å²) in [5.41, 5.74) is 7.13. The lowest BCUT2D eigenvalue weighted by Gasteiger charge is -2.08. The average molecular weight is 312 g/mol. The summed E-state index contributed by atoms with van der Waals surface area (Å²) in [6.07, 6.45) is 0.834. The molecule has 4 nitrogen and oxygen atoms in total. The highest BCUT2D eigenvalue weighted by Crippen LogP contribution is 2.25. The Bertz CT molecular complexity index is 559. The van der Waals surface area contributed by atoms with Gasteiger partial charge in [-0.1, -0.05) is 49.3 Å². The molecule has 0 amide bonds. The molecule has 1 aromatic carbocycles. The van der Waals surface area contributed by atoms with Gasteiger partial charge in [-0.3, -0.25) is 0 Å². The fraction of sp³-hybridized carbons (Fsp3) is 0.429. The largest absolute Gasteiger partial charge is 0.414 e. The number of hydrogen-bond acceptors (Lipinski definition) is 5. The molecule has 1 heterocycles. The Morgan fingerprint density at radius 1 is 1.35 bits per heavy atom. The van der Waals surface area contributed by atoms with E-state index in [1.54, 1.807) is 0 Å². The van der Waals surface area contributed by atoms with Crippen LogP contribution in [0.4, 0.5) is 0 Å². The Morgan fingerprint density at radius 2 is 2.15 bits per heavy atom. The van der Waals surface area contributed by atoms with Crippen molar-refractivity contribution < 1.29 is 4.42 Å². The van der Waals surface area contributed by atoms with Gasteiger partial charge in [0.1, 0.15) is 0 Å². The summed E-state index contributed by atoms with van der Waals surface area (Å²) in [6, 6.07) is 7.53. The molecular formula is C14H18ClN3OS. The van der Waals surface area contributed by atoms with Gasteiger partial charge in [-0.2, -0.15) is 0 Å². The van der Waals surface area contributed by atoms with E-state index in [0.29, 0.717) is 17.0 Å². The van der Waals surface area contributed by atoms with E-state index in [1.165, 1.54) is 11.8 Å². The van der Waals surface area contributed by atoms with E-state index in [4.69, 9.17) is 21.8 Å². The highest BCUT2D eigenvalue weighted by molar-refractivity contribution is 7.98. The number of rotatable bonds is 6. The van der Waals surface area contributed by atoms with Crippen LogP contribution in [0.5, 0.6) is 0 Å². The molecule has 0 aliphatic rings. The van der Waals surface area contributed by atoms with Crippen LogP contribution >= 0.6 is 23.4 Å². The number of nitrogens with zero attached hydrogens (tertiary/aromatic N) is 2. The summed E-state index contributed by atoms with van der Waals surface area (Å²) in [5.74, 6) is 1.74. The van der Waals surface area contributed by atoms with Crippen molar-refractivity contribution in [3.63, 3.8) is 0 Å². The first-order valence-electron chi connectivity index (χ1n) is 6.51. The zero-order valence-electron chi connectivity index (χ0n) is 11.5. The standard InChI is InChI=1S/C14H18ClN3OS/c1-9(2)6-12(16)13-17-18-14(19-13)20-8-10-4-3-5-11(15)7-10/h3-5,7,9,12H,6,8,16H2,1-2H3/t12-/m0/s1. The molecule has 0 aliphatic carbocycles. The molecule has 2 aromatic rings. The lowest BCUT2D eigenvalue weighted by molar-refractivity contribution is 0.361. The summed E-state index contributed by atoms with van der Waals surface area (Å²) in [6.45, 7) is 4.23.